The predicted molar refractivity (Wildman–Crippen MR) is 62.0 cm³/mol. The van der Waals surface area contributed by atoms with E-state index in [4.69, 9.17) is 5.11 Å². The van der Waals surface area contributed by atoms with Gasteiger partial charge in [0.1, 0.15) is 0 Å². The van der Waals surface area contributed by atoms with Crippen LogP contribution in [-0.2, 0) is 11.2 Å². The minimum absolute atomic E-state index is 0.0323. The Balaban J connectivity index is 2.49. The molecular weight excluding hydrogens is 269 g/mol. The number of aryl methyl sites for hydroxylation is 1. The smallest absolute Gasteiger partial charge is 0.390 e. The average molecular weight is 282 g/mol. The van der Waals surface area contributed by atoms with Gasteiger partial charge in [0.15, 0.2) is 5.13 Å². The summed E-state index contributed by atoms with van der Waals surface area (Å²) in [4.78, 5) is 15.9. The molecule has 0 radical (unpaired) electrons. The van der Waals surface area contributed by atoms with Crippen LogP contribution in [0.15, 0.2) is 5.38 Å². The zero-order chi connectivity index (χ0) is 13.8. The van der Waals surface area contributed by atoms with Crippen LogP contribution in [0.5, 0.6) is 0 Å². The van der Waals surface area contributed by atoms with Gasteiger partial charge < -0.3 is 10.0 Å². The van der Waals surface area contributed by atoms with Gasteiger partial charge in [0.25, 0.3) is 0 Å². The molecule has 0 amide bonds. The minimum atomic E-state index is -4.18. The second-order valence-electron chi connectivity index (χ2n) is 3.80. The van der Waals surface area contributed by atoms with Crippen molar-refractivity contribution in [3.8, 4) is 0 Å². The molecule has 0 spiro atoms. The van der Waals surface area contributed by atoms with E-state index in [2.05, 4.69) is 4.98 Å². The first-order chi connectivity index (χ1) is 8.28. The van der Waals surface area contributed by atoms with Crippen molar-refractivity contribution >= 4 is 22.4 Å². The highest BCUT2D eigenvalue weighted by Gasteiger charge is 2.27. The largest absolute Gasteiger partial charge is 0.481 e. The Morgan fingerprint density at radius 1 is 1.56 bits per heavy atom. The minimum Gasteiger partial charge on any atom is -0.481 e. The number of rotatable bonds is 6. The number of hydrogen-bond donors (Lipinski definition) is 1. The Morgan fingerprint density at radius 3 is 2.78 bits per heavy atom. The number of alkyl halides is 3. The van der Waals surface area contributed by atoms with Crippen LogP contribution in [0, 0.1) is 0 Å². The lowest BCUT2D eigenvalue weighted by Gasteiger charge is -2.16. The highest BCUT2D eigenvalue weighted by Crippen LogP contribution is 2.24. The van der Waals surface area contributed by atoms with E-state index in [1.54, 1.807) is 5.38 Å². The molecule has 1 aromatic heterocycles. The van der Waals surface area contributed by atoms with Crippen molar-refractivity contribution in [3.05, 3.63) is 11.1 Å². The van der Waals surface area contributed by atoms with Gasteiger partial charge in [0, 0.05) is 25.4 Å². The Kier molecular flexibility index (Phi) is 4.94. The number of carboxylic acids is 1. The topological polar surface area (TPSA) is 53.4 Å². The molecular formula is C10H13F3N2O2S. The van der Waals surface area contributed by atoms with E-state index in [1.165, 1.54) is 23.3 Å². The average Bonchev–Trinajstić information content (AvgIpc) is 2.70. The first-order valence-corrected chi connectivity index (χ1v) is 6.10. The maximum absolute atomic E-state index is 12.0. The third-order valence-electron chi connectivity index (χ3n) is 2.19. The van der Waals surface area contributed by atoms with Gasteiger partial charge in [-0.15, -0.1) is 11.3 Å². The maximum atomic E-state index is 12.0. The summed E-state index contributed by atoms with van der Waals surface area (Å²) in [6, 6.07) is 0. The summed E-state index contributed by atoms with van der Waals surface area (Å²) in [5.74, 6) is -0.921. The van der Waals surface area contributed by atoms with E-state index in [1.807, 2.05) is 0 Å². The van der Waals surface area contributed by atoms with Crippen molar-refractivity contribution in [2.45, 2.75) is 25.4 Å². The maximum Gasteiger partial charge on any atom is 0.390 e. The van der Waals surface area contributed by atoms with Gasteiger partial charge >= 0.3 is 12.1 Å². The summed E-state index contributed by atoms with van der Waals surface area (Å²) < 4.78 is 36.1. The number of aliphatic carboxylic acids is 1. The lowest BCUT2D eigenvalue weighted by molar-refractivity contribution is -0.137. The van der Waals surface area contributed by atoms with Crippen LogP contribution < -0.4 is 4.90 Å². The number of halogens is 3. The van der Waals surface area contributed by atoms with Crippen molar-refractivity contribution in [2.24, 2.45) is 0 Å². The van der Waals surface area contributed by atoms with Gasteiger partial charge in [-0.25, -0.2) is 4.98 Å². The fourth-order valence-corrected chi connectivity index (χ4v) is 2.06. The Morgan fingerprint density at radius 2 is 2.22 bits per heavy atom. The molecule has 4 nitrogen and oxygen atoms in total. The molecule has 0 aliphatic heterocycles. The van der Waals surface area contributed by atoms with Gasteiger partial charge in [-0.05, 0) is 0 Å². The van der Waals surface area contributed by atoms with Crippen LogP contribution in [0.3, 0.4) is 0 Å². The molecule has 102 valence electrons. The van der Waals surface area contributed by atoms with E-state index in [9.17, 15) is 18.0 Å². The van der Waals surface area contributed by atoms with Crippen molar-refractivity contribution in [3.63, 3.8) is 0 Å². The predicted octanol–water partition coefficient (Wildman–Crippen LogP) is 2.55. The summed E-state index contributed by atoms with van der Waals surface area (Å²) in [7, 11) is 1.53. The number of thiazole rings is 1. The van der Waals surface area contributed by atoms with E-state index in [0.717, 1.165) is 0 Å². The standard InChI is InChI=1S/C10H13F3N2O2S/c1-15(5-4-10(11,12)13)9-14-7(6-18-9)2-3-8(16)17/h6H,2-5H2,1H3,(H,16,17). The van der Waals surface area contributed by atoms with Gasteiger partial charge in [-0.2, -0.15) is 13.2 Å². The molecule has 1 aromatic rings. The normalized spacial score (nSPS) is 11.6. The molecule has 0 unspecified atom stereocenters. The first kappa shape index (κ1) is 14.7. The third kappa shape index (κ3) is 5.35. The molecule has 0 atom stereocenters. The van der Waals surface area contributed by atoms with Gasteiger partial charge in [-0.3, -0.25) is 4.79 Å². The highest BCUT2D eigenvalue weighted by atomic mass is 32.1. The first-order valence-electron chi connectivity index (χ1n) is 5.22. The quantitative estimate of drug-likeness (QED) is 0.871. The van der Waals surface area contributed by atoms with E-state index >= 15 is 0 Å². The number of nitrogens with zero attached hydrogens (tertiary/aromatic N) is 2. The van der Waals surface area contributed by atoms with Crippen LogP contribution in [0.4, 0.5) is 18.3 Å². The Hall–Kier alpha value is -1.31. The molecule has 0 aliphatic rings. The summed E-state index contributed by atoms with van der Waals surface area (Å²) in [5.41, 5.74) is 0.594. The zero-order valence-corrected chi connectivity index (χ0v) is 10.5. The Labute approximate surface area is 106 Å². The van der Waals surface area contributed by atoms with Crippen molar-refractivity contribution in [1.82, 2.24) is 4.98 Å². The second kappa shape index (κ2) is 6.03. The fourth-order valence-electron chi connectivity index (χ4n) is 1.21. The number of carbonyl (C=O) groups is 1. The summed E-state index contributed by atoms with van der Waals surface area (Å²) in [6.07, 6.45) is -4.82. The van der Waals surface area contributed by atoms with Crippen LogP contribution >= 0.6 is 11.3 Å². The lowest BCUT2D eigenvalue weighted by Crippen LogP contribution is -2.23. The molecule has 18 heavy (non-hydrogen) atoms. The molecule has 0 aromatic carbocycles. The third-order valence-corrected chi connectivity index (χ3v) is 3.20. The number of aromatic nitrogens is 1. The molecule has 8 heteroatoms. The lowest BCUT2D eigenvalue weighted by atomic mass is 10.2. The number of carboxylic acid groups (broad SMARTS) is 1. The van der Waals surface area contributed by atoms with Crippen LogP contribution in [0.25, 0.3) is 0 Å². The van der Waals surface area contributed by atoms with Crippen molar-refractivity contribution < 1.29 is 23.1 Å². The molecule has 1 heterocycles. The van der Waals surface area contributed by atoms with Crippen LogP contribution in [0.2, 0.25) is 0 Å². The number of anilines is 1. The van der Waals surface area contributed by atoms with Crippen molar-refractivity contribution in [1.29, 1.82) is 0 Å². The van der Waals surface area contributed by atoms with E-state index < -0.39 is 18.6 Å². The van der Waals surface area contributed by atoms with E-state index in [0.29, 0.717) is 17.2 Å². The molecule has 1 N–H and O–H groups in total. The zero-order valence-electron chi connectivity index (χ0n) is 9.70. The summed E-state index contributed by atoms with van der Waals surface area (Å²) in [6.45, 7) is -0.157. The molecule has 0 saturated heterocycles. The fraction of sp³-hybridized carbons (Fsp3) is 0.600. The van der Waals surface area contributed by atoms with Gasteiger partial charge in [0.05, 0.1) is 18.5 Å². The van der Waals surface area contributed by atoms with Gasteiger partial charge in [-0.1, -0.05) is 0 Å². The van der Waals surface area contributed by atoms with Crippen molar-refractivity contribution in [2.75, 3.05) is 18.5 Å². The van der Waals surface area contributed by atoms with E-state index in [-0.39, 0.29) is 13.0 Å². The SMILES string of the molecule is CN(CCC(F)(F)F)c1nc(CCC(=O)O)cs1. The number of hydrogen-bond acceptors (Lipinski definition) is 4. The molecule has 0 saturated carbocycles. The Bertz CT molecular complexity index is 406. The molecule has 0 aliphatic carbocycles. The monoisotopic (exact) mass is 282 g/mol. The molecule has 1 rings (SSSR count). The highest BCUT2D eigenvalue weighted by molar-refractivity contribution is 7.13. The summed E-state index contributed by atoms with van der Waals surface area (Å²) >= 11 is 1.21. The second-order valence-corrected chi connectivity index (χ2v) is 4.64. The van der Waals surface area contributed by atoms with Crippen LogP contribution in [0.1, 0.15) is 18.5 Å². The molecule has 0 fully saturated rings. The van der Waals surface area contributed by atoms with Crippen LogP contribution in [-0.4, -0.2) is 35.8 Å². The summed E-state index contributed by atoms with van der Waals surface area (Å²) in [5, 5.41) is 10.6. The van der Waals surface area contributed by atoms with Gasteiger partial charge in [0.2, 0.25) is 0 Å². The molecule has 0 bridgehead atoms.